The van der Waals surface area contributed by atoms with Gasteiger partial charge < -0.3 is 15.7 Å². The molecule has 3 N–H and O–H groups in total. The van der Waals surface area contributed by atoms with Crippen molar-refractivity contribution >= 4 is 11.6 Å². The smallest absolute Gasteiger partial charge is 0.138 e. The molecule has 5 nitrogen and oxygen atoms in total. The first kappa shape index (κ1) is 14.1. The van der Waals surface area contributed by atoms with Crippen LogP contribution in [0.3, 0.4) is 0 Å². The van der Waals surface area contributed by atoms with E-state index in [1.165, 1.54) is 0 Å². The minimum atomic E-state index is -0.115. The highest BCUT2D eigenvalue weighted by molar-refractivity contribution is 5.48. The normalized spacial score (nSPS) is 20.6. The van der Waals surface area contributed by atoms with Gasteiger partial charge in [-0.2, -0.15) is 0 Å². The molecule has 0 spiro atoms. The first-order chi connectivity index (χ1) is 8.90. The molecule has 0 amide bonds. The largest absolute Gasteiger partial charge is 0.396 e. The van der Waals surface area contributed by atoms with Crippen LogP contribution in [0.25, 0.3) is 0 Å². The van der Waals surface area contributed by atoms with Crippen molar-refractivity contribution in [3.8, 4) is 0 Å². The summed E-state index contributed by atoms with van der Waals surface area (Å²) in [6.45, 7) is 8.30. The zero-order valence-electron chi connectivity index (χ0n) is 12.1. The van der Waals surface area contributed by atoms with Gasteiger partial charge in [-0.25, -0.2) is 9.97 Å². The lowest BCUT2D eigenvalue weighted by atomic mass is 9.95. The highest BCUT2D eigenvalue weighted by Gasteiger charge is 2.23. The molecular weight excluding hydrogens is 240 g/mol. The van der Waals surface area contributed by atoms with Crippen LogP contribution in [0, 0.1) is 5.92 Å². The number of rotatable bonds is 2. The van der Waals surface area contributed by atoms with E-state index in [2.05, 4.69) is 35.6 Å². The Hall–Kier alpha value is -1.36. The molecule has 1 unspecified atom stereocenters. The lowest BCUT2D eigenvalue weighted by Gasteiger charge is -2.33. The summed E-state index contributed by atoms with van der Waals surface area (Å²) in [5.41, 5.74) is 5.79. The fraction of sp³-hybridized carbons (Fsp3) is 0.714. The van der Waals surface area contributed by atoms with Crippen molar-refractivity contribution in [2.45, 2.75) is 39.0 Å². The molecule has 1 atom stereocenters. The predicted molar refractivity (Wildman–Crippen MR) is 77.2 cm³/mol. The molecule has 1 aromatic rings. The van der Waals surface area contributed by atoms with Crippen LogP contribution in [-0.4, -0.2) is 34.8 Å². The van der Waals surface area contributed by atoms with Gasteiger partial charge in [-0.3, -0.25) is 0 Å². The van der Waals surface area contributed by atoms with Gasteiger partial charge in [0, 0.05) is 31.2 Å². The van der Waals surface area contributed by atoms with Crippen molar-refractivity contribution in [1.29, 1.82) is 0 Å². The van der Waals surface area contributed by atoms with Gasteiger partial charge in [-0.15, -0.1) is 0 Å². The van der Waals surface area contributed by atoms with Crippen molar-refractivity contribution in [1.82, 2.24) is 9.97 Å². The molecule has 1 aliphatic rings. The zero-order chi connectivity index (χ0) is 14.0. The second-order valence-corrected chi connectivity index (χ2v) is 6.36. The van der Waals surface area contributed by atoms with Gasteiger partial charge in [0.05, 0.1) is 0 Å². The second kappa shape index (κ2) is 5.33. The SMILES string of the molecule is CC(C)(C)c1nc(N)cc(N2CCCC(CO)C2)n1. The number of aromatic nitrogens is 2. The third-order valence-electron chi connectivity index (χ3n) is 3.50. The molecule has 0 saturated carbocycles. The first-order valence-corrected chi connectivity index (χ1v) is 6.91. The van der Waals surface area contributed by atoms with E-state index in [0.717, 1.165) is 37.6 Å². The van der Waals surface area contributed by atoms with E-state index in [9.17, 15) is 5.11 Å². The summed E-state index contributed by atoms with van der Waals surface area (Å²) >= 11 is 0. The zero-order valence-corrected chi connectivity index (χ0v) is 12.1. The van der Waals surface area contributed by atoms with Crippen LogP contribution in [0.4, 0.5) is 11.6 Å². The van der Waals surface area contributed by atoms with Gasteiger partial charge in [-0.1, -0.05) is 20.8 Å². The Labute approximate surface area is 114 Å². The number of aliphatic hydroxyl groups excluding tert-OH is 1. The standard InChI is InChI=1S/C14H24N4O/c1-14(2,3)13-16-11(15)7-12(17-13)18-6-4-5-10(8-18)9-19/h7,10,19H,4-6,8-9H2,1-3H3,(H2,15,16,17). The van der Waals surface area contributed by atoms with Crippen molar-refractivity contribution in [2.75, 3.05) is 30.3 Å². The summed E-state index contributed by atoms with van der Waals surface area (Å²) < 4.78 is 0. The Morgan fingerprint density at radius 3 is 2.79 bits per heavy atom. The number of nitrogen functional groups attached to an aromatic ring is 1. The molecule has 0 aliphatic carbocycles. The fourth-order valence-corrected chi connectivity index (χ4v) is 2.37. The Morgan fingerprint density at radius 1 is 1.42 bits per heavy atom. The minimum absolute atomic E-state index is 0.115. The second-order valence-electron chi connectivity index (χ2n) is 6.36. The third-order valence-corrected chi connectivity index (χ3v) is 3.50. The van der Waals surface area contributed by atoms with E-state index in [-0.39, 0.29) is 12.0 Å². The molecule has 1 fully saturated rings. The quantitative estimate of drug-likeness (QED) is 0.848. The molecule has 0 aromatic carbocycles. The highest BCUT2D eigenvalue weighted by atomic mass is 16.3. The summed E-state index contributed by atoms with van der Waals surface area (Å²) in [5.74, 6) is 2.51. The molecule has 1 aromatic heterocycles. The number of nitrogens with zero attached hydrogens (tertiary/aromatic N) is 3. The molecule has 2 heterocycles. The maximum atomic E-state index is 9.31. The van der Waals surface area contributed by atoms with Gasteiger partial charge in [0.1, 0.15) is 17.5 Å². The van der Waals surface area contributed by atoms with Crippen molar-refractivity contribution in [3.05, 3.63) is 11.9 Å². The van der Waals surface area contributed by atoms with E-state index in [1.54, 1.807) is 0 Å². The predicted octanol–water partition coefficient (Wildman–Crippen LogP) is 1.56. The average Bonchev–Trinajstić information content (AvgIpc) is 2.37. The molecular formula is C14H24N4O. The van der Waals surface area contributed by atoms with E-state index < -0.39 is 0 Å². The summed E-state index contributed by atoms with van der Waals surface area (Å²) in [5, 5.41) is 9.31. The van der Waals surface area contributed by atoms with Crippen molar-refractivity contribution < 1.29 is 5.11 Å². The first-order valence-electron chi connectivity index (χ1n) is 6.91. The Balaban J connectivity index is 2.26. The Morgan fingerprint density at radius 2 is 2.16 bits per heavy atom. The number of hydrogen-bond acceptors (Lipinski definition) is 5. The molecule has 106 valence electrons. The molecule has 0 radical (unpaired) electrons. The Bertz CT molecular complexity index is 442. The lowest BCUT2D eigenvalue weighted by molar-refractivity contribution is 0.208. The van der Waals surface area contributed by atoms with Gasteiger partial charge in [-0.05, 0) is 18.8 Å². The molecule has 1 saturated heterocycles. The summed E-state index contributed by atoms with van der Waals surface area (Å²) in [6.07, 6.45) is 2.17. The molecule has 1 aliphatic heterocycles. The van der Waals surface area contributed by atoms with E-state index in [1.807, 2.05) is 6.07 Å². The average molecular weight is 264 g/mol. The van der Waals surface area contributed by atoms with Crippen LogP contribution in [0.15, 0.2) is 6.07 Å². The molecule has 19 heavy (non-hydrogen) atoms. The van der Waals surface area contributed by atoms with Gasteiger partial charge in [0.15, 0.2) is 0 Å². The Kier molecular flexibility index (Phi) is 3.94. The number of hydrogen-bond donors (Lipinski definition) is 2. The van der Waals surface area contributed by atoms with Crippen LogP contribution in [0.1, 0.15) is 39.4 Å². The summed E-state index contributed by atoms with van der Waals surface area (Å²) in [6, 6.07) is 1.83. The molecule has 0 bridgehead atoms. The topological polar surface area (TPSA) is 75.3 Å². The van der Waals surface area contributed by atoms with Crippen LogP contribution in [-0.2, 0) is 5.41 Å². The monoisotopic (exact) mass is 264 g/mol. The van der Waals surface area contributed by atoms with Crippen LogP contribution >= 0.6 is 0 Å². The van der Waals surface area contributed by atoms with E-state index >= 15 is 0 Å². The van der Waals surface area contributed by atoms with E-state index in [4.69, 9.17) is 5.73 Å². The van der Waals surface area contributed by atoms with Crippen LogP contribution < -0.4 is 10.6 Å². The fourth-order valence-electron chi connectivity index (χ4n) is 2.37. The van der Waals surface area contributed by atoms with Crippen LogP contribution in [0.5, 0.6) is 0 Å². The van der Waals surface area contributed by atoms with Gasteiger partial charge >= 0.3 is 0 Å². The van der Waals surface area contributed by atoms with E-state index in [0.29, 0.717) is 11.7 Å². The van der Waals surface area contributed by atoms with Gasteiger partial charge in [0.25, 0.3) is 0 Å². The van der Waals surface area contributed by atoms with Crippen LogP contribution in [0.2, 0.25) is 0 Å². The number of nitrogens with two attached hydrogens (primary N) is 1. The van der Waals surface area contributed by atoms with Crippen molar-refractivity contribution in [3.63, 3.8) is 0 Å². The third kappa shape index (κ3) is 3.35. The molecule has 5 heteroatoms. The lowest BCUT2D eigenvalue weighted by Crippen LogP contribution is -2.37. The number of piperidine rings is 1. The van der Waals surface area contributed by atoms with Crippen molar-refractivity contribution in [2.24, 2.45) is 5.92 Å². The minimum Gasteiger partial charge on any atom is -0.396 e. The molecule has 2 rings (SSSR count). The summed E-state index contributed by atoms with van der Waals surface area (Å²) in [4.78, 5) is 11.2. The number of anilines is 2. The highest BCUT2D eigenvalue weighted by Crippen LogP contribution is 2.26. The summed E-state index contributed by atoms with van der Waals surface area (Å²) in [7, 11) is 0. The van der Waals surface area contributed by atoms with Gasteiger partial charge in [0.2, 0.25) is 0 Å². The maximum absolute atomic E-state index is 9.31. The number of aliphatic hydroxyl groups is 1. The maximum Gasteiger partial charge on any atom is 0.138 e.